The summed E-state index contributed by atoms with van der Waals surface area (Å²) >= 11 is 0. The molecule has 3 saturated heterocycles. The molecule has 5 heterocycles. The second kappa shape index (κ2) is 9.56. The molecule has 2 aromatic rings. The third kappa shape index (κ3) is 4.65. The molecule has 8 heteroatoms. The molecule has 2 bridgehead atoms. The summed E-state index contributed by atoms with van der Waals surface area (Å²) in [6, 6.07) is 6.30. The van der Waals surface area contributed by atoms with E-state index in [1.54, 1.807) is 0 Å². The zero-order chi connectivity index (χ0) is 22.9. The largest absolute Gasteiger partial charge is 0.454 e. The first-order valence-electron chi connectivity index (χ1n) is 13.0. The van der Waals surface area contributed by atoms with E-state index in [0.717, 1.165) is 67.6 Å². The van der Waals surface area contributed by atoms with Crippen molar-refractivity contribution in [2.75, 3.05) is 19.9 Å². The number of carbonyl (C=O) groups is 1. The summed E-state index contributed by atoms with van der Waals surface area (Å²) in [5.74, 6) is 2.99. The van der Waals surface area contributed by atoms with E-state index in [0.29, 0.717) is 18.5 Å². The Morgan fingerprint density at radius 3 is 2.85 bits per heavy atom. The molecule has 1 aromatic carbocycles. The van der Waals surface area contributed by atoms with Crippen LogP contribution < -0.4 is 14.8 Å². The molecule has 0 radical (unpaired) electrons. The van der Waals surface area contributed by atoms with E-state index in [1.165, 1.54) is 32.1 Å². The minimum absolute atomic E-state index is 0.0663. The summed E-state index contributed by atoms with van der Waals surface area (Å²) in [6.45, 7) is 3.57. The third-order valence-corrected chi connectivity index (χ3v) is 8.33. The molecule has 34 heavy (non-hydrogen) atoms. The molecule has 8 nitrogen and oxygen atoms in total. The number of hydrogen-bond donors (Lipinski definition) is 1. The molecule has 4 aliphatic heterocycles. The van der Waals surface area contributed by atoms with E-state index in [-0.39, 0.29) is 18.6 Å². The van der Waals surface area contributed by atoms with Crippen molar-refractivity contribution in [2.24, 2.45) is 17.8 Å². The topological polar surface area (TPSA) is 81.5 Å². The maximum Gasteiger partial charge on any atom is 0.231 e. The average molecular weight is 466 g/mol. The number of aromatic nitrogens is 3. The number of rotatable bonds is 7. The highest BCUT2D eigenvalue weighted by molar-refractivity contribution is 5.79. The van der Waals surface area contributed by atoms with E-state index in [4.69, 9.17) is 9.47 Å². The van der Waals surface area contributed by atoms with E-state index in [1.807, 2.05) is 22.9 Å². The molecule has 1 saturated carbocycles. The summed E-state index contributed by atoms with van der Waals surface area (Å²) in [6.07, 6.45) is 12.2. The van der Waals surface area contributed by atoms with Crippen molar-refractivity contribution >= 4 is 5.91 Å². The normalized spacial score (nSPS) is 28.2. The lowest BCUT2D eigenvalue weighted by Gasteiger charge is -2.49. The Labute approximate surface area is 201 Å². The summed E-state index contributed by atoms with van der Waals surface area (Å²) in [7, 11) is 0. The summed E-state index contributed by atoms with van der Waals surface area (Å²) in [5, 5.41) is 12.1. The van der Waals surface area contributed by atoms with Gasteiger partial charge in [0.1, 0.15) is 0 Å². The van der Waals surface area contributed by atoms with Gasteiger partial charge in [0.2, 0.25) is 12.7 Å². The lowest BCUT2D eigenvalue weighted by atomic mass is 9.75. The number of ether oxygens (including phenoxy) is 2. The van der Waals surface area contributed by atoms with Crippen LogP contribution in [0.1, 0.15) is 56.2 Å². The first kappa shape index (κ1) is 21.9. The van der Waals surface area contributed by atoms with Gasteiger partial charge in [-0.1, -0.05) is 43.4 Å². The van der Waals surface area contributed by atoms with Crippen molar-refractivity contribution in [1.82, 2.24) is 25.2 Å². The van der Waals surface area contributed by atoms with Crippen LogP contribution in [0, 0.1) is 17.8 Å². The Bertz CT molecular complexity index is 1020. The molecule has 5 aliphatic rings. The number of piperidine rings is 3. The average Bonchev–Trinajstić information content (AvgIpc) is 3.52. The van der Waals surface area contributed by atoms with E-state index in [2.05, 4.69) is 26.7 Å². The van der Waals surface area contributed by atoms with Crippen molar-refractivity contribution in [3.05, 3.63) is 35.7 Å². The predicted octanol–water partition coefficient (Wildman–Crippen LogP) is 3.16. The highest BCUT2D eigenvalue weighted by atomic mass is 16.7. The first-order chi connectivity index (χ1) is 16.7. The Balaban J connectivity index is 1.01. The fraction of sp³-hybridized carbons (Fsp3) is 0.654. The number of benzene rings is 1. The number of nitrogens with zero attached hydrogens (tertiary/aromatic N) is 4. The van der Waals surface area contributed by atoms with Gasteiger partial charge in [-0.15, -0.1) is 5.10 Å². The van der Waals surface area contributed by atoms with Crippen molar-refractivity contribution in [1.29, 1.82) is 0 Å². The van der Waals surface area contributed by atoms with Crippen molar-refractivity contribution < 1.29 is 14.3 Å². The van der Waals surface area contributed by atoms with Gasteiger partial charge in [0.25, 0.3) is 0 Å². The van der Waals surface area contributed by atoms with Gasteiger partial charge in [0, 0.05) is 25.3 Å². The highest BCUT2D eigenvalue weighted by Crippen LogP contribution is 2.37. The predicted molar refractivity (Wildman–Crippen MR) is 126 cm³/mol. The third-order valence-electron chi connectivity index (χ3n) is 8.33. The lowest BCUT2D eigenvalue weighted by molar-refractivity contribution is -0.133. The Morgan fingerprint density at radius 1 is 1.12 bits per heavy atom. The number of nitrogens with one attached hydrogen (secondary N) is 1. The molecule has 7 rings (SSSR count). The quantitative estimate of drug-likeness (QED) is 0.677. The number of fused-ring (bicyclic) bond motifs is 4. The van der Waals surface area contributed by atoms with E-state index < -0.39 is 0 Å². The van der Waals surface area contributed by atoms with Gasteiger partial charge in [0.15, 0.2) is 11.5 Å². The van der Waals surface area contributed by atoms with Crippen LogP contribution in [0.25, 0.3) is 0 Å². The van der Waals surface area contributed by atoms with Gasteiger partial charge in [0.05, 0.1) is 18.2 Å². The minimum atomic E-state index is 0.0663. The summed E-state index contributed by atoms with van der Waals surface area (Å²) < 4.78 is 12.9. The first-order valence-corrected chi connectivity index (χ1v) is 13.0. The minimum Gasteiger partial charge on any atom is -0.454 e. The summed E-state index contributed by atoms with van der Waals surface area (Å²) in [5.41, 5.74) is 2.18. The van der Waals surface area contributed by atoms with E-state index >= 15 is 0 Å². The van der Waals surface area contributed by atoms with Crippen molar-refractivity contribution in [3.63, 3.8) is 0 Å². The number of hydrogen-bond acceptors (Lipinski definition) is 6. The molecule has 4 fully saturated rings. The molecule has 1 unspecified atom stereocenters. The second-order valence-electron chi connectivity index (χ2n) is 10.6. The molecular formula is C26H35N5O3. The highest BCUT2D eigenvalue weighted by Gasteiger charge is 2.43. The van der Waals surface area contributed by atoms with Crippen molar-refractivity contribution in [2.45, 2.75) is 70.5 Å². The van der Waals surface area contributed by atoms with Crippen LogP contribution in [-0.2, 0) is 24.3 Å². The Morgan fingerprint density at radius 2 is 2.00 bits per heavy atom. The van der Waals surface area contributed by atoms with Gasteiger partial charge in [-0.05, 0) is 55.3 Å². The van der Waals surface area contributed by atoms with Gasteiger partial charge >= 0.3 is 0 Å². The van der Waals surface area contributed by atoms with Crippen LogP contribution >= 0.6 is 0 Å². The van der Waals surface area contributed by atoms with Gasteiger partial charge < -0.3 is 14.8 Å². The van der Waals surface area contributed by atoms with Crippen LogP contribution in [0.3, 0.4) is 0 Å². The van der Waals surface area contributed by atoms with Crippen LogP contribution in [0.4, 0.5) is 0 Å². The molecule has 1 amide bonds. The molecule has 182 valence electrons. The molecule has 1 N–H and O–H groups in total. The molecule has 1 aliphatic carbocycles. The van der Waals surface area contributed by atoms with Gasteiger partial charge in [-0.3, -0.25) is 14.4 Å². The van der Waals surface area contributed by atoms with Crippen LogP contribution in [0.5, 0.6) is 11.5 Å². The molecule has 1 aromatic heterocycles. The summed E-state index contributed by atoms with van der Waals surface area (Å²) in [4.78, 5) is 15.5. The Kier molecular flexibility index (Phi) is 6.16. The lowest BCUT2D eigenvalue weighted by Crippen LogP contribution is -2.58. The zero-order valence-corrected chi connectivity index (χ0v) is 19.8. The van der Waals surface area contributed by atoms with Crippen LogP contribution in [0.15, 0.2) is 24.4 Å². The Hall–Kier alpha value is -2.61. The fourth-order valence-corrected chi connectivity index (χ4v) is 6.42. The maximum atomic E-state index is 13.0. The van der Waals surface area contributed by atoms with Crippen LogP contribution in [0.2, 0.25) is 0 Å². The van der Waals surface area contributed by atoms with E-state index in [9.17, 15) is 4.79 Å². The number of amides is 1. The van der Waals surface area contributed by atoms with Gasteiger partial charge in [-0.25, -0.2) is 0 Å². The van der Waals surface area contributed by atoms with Crippen LogP contribution in [-0.4, -0.2) is 51.7 Å². The monoisotopic (exact) mass is 465 g/mol. The fourth-order valence-electron chi connectivity index (χ4n) is 6.42. The number of carbonyl (C=O) groups excluding carboxylic acids is 1. The maximum absolute atomic E-state index is 13.0. The smallest absolute Gasteiger partial charge is 0.231 e. The second-order valence-corrected chi connectivity index (χ2v) is 10.6. The standard InChI is InChI=1S/C26H35N5O3/c32-26(27-13-19-6-7-24-25(11-19)34-17-33-24)23-16-30-9-8-20(23)12-22(30)15-31-14-21(28-29-31)10-18-4-2-1-3-5-18/h6-7,11,14,18,20,22-23H,1-5,8-10,12-13,15-17H2,(H,27,32)/t20-,22-,23-/m1/s1. The molecular weight excluding hydrogens is 430 g/mol. The van der Waals surface area contributed by atoms with Gasteiger partial charge in [-0.2, -0.15) is 0 Å². The zero-order valence-electron chi connectivity index (χ0n) is 19.8. The van der Waals surface area contributed by atoms with Crippen molar-refractivity contribution in [3.8, 4) is 11.5 Å². The molecule has 4 atom stereocenters. The molecule has 0 spiro atoms. The SMILES string of the molecule is O=C(NCc1ccc2c(c1)OCO2)[C@@H]1CN2CC[C@@H]1C[C@@H]2Cn1cc(CC2CCCCC2)nn1.